The van der Waals surface area contributed by atoms with E-state index in [0.29, 0.717) is 11.1 Å². The molecule has 0 saturated carbocycles. The number of methoxy groups -OCH3 is 2. The zero-order chi connectivity index (χ0) is 15.5. The first-order chi connectivity index (χ1) is 10.1. The molecule has 1 aromatic carbocycles. The Morgan fingerprint density at radius 1 is 1.29 bits per heavy atom. The number of hydrogen-bond acceptors (Lipinski definition) is 4. The molecule has 0 aliphatic heterocycles. The monoisotopic (exact) mass is 288 g/mol. The van der Waals surface area contributed by atoms with Crippen LogP contribution in [0.2, 0.25) is 0 Å². The third-order valence-corrected chi connectivity index (χ3v) is 3.81. The van der Waals surface area contributed by atoms with Crippen molar-refractivity contribution in [3.05, 3.63) is 53.1 Å². The van der Waals surface area contributed by atoms with Crippen LogP contribution in [0.3, 0.4) is 0 Å². The molecule has 1 aromatic rings. The fraction of sp³-hybridized carbons (Fsp3) is 0.353. The van der Waals surface area contributed by atoms with Gasteiger partial charge in [-0.25, -0.2) is 0 Å². The molecule has 1 aliphatic carbocycles. The van der Waals surface area contributed by atoms with Crippen molar-refractivity contribution in [1.82, 2.24) is 0 Å². The first-order valence-electron chi connectivity index (χ1n) is 6.91. The van der Waals surface area contributed by atoms with Crippen molar-refractivity contribution < 1.29 is 19.4 Å². The van der Waals surface area contributed by atoms with Gasteiger partial charge in [0.05, 0.1) is 12.0 Å². The van der Waals surface area contributed by atoms with Crippen molar-refractivity contribution >= 4 is 11.5 Å². The van der Waals surface area contributed by atoms with Crippen molar-refractivity contribution in [3.63, 3.8) is 0 Å². The summed E-state index contributed by atoms with van der Waals surface area (Å²) in [7, 11) is 2.98. The van der Waals surface area contributed by atoms with Gasteiger partial charge in [0.1, 0.15) is 5.76 Å². The minimum absolute atomic E-state index is 0.00880. The molecule has 0 radical (unpaired) electrons. The molecule has 0 aromatic heterocycles. The van der Waals surface area contributed by atoms with Gasteiger partial charge in [-0.05, 0) is 24.1 Å². The average molecular weight is 288 g/mol. The fourth-order valence-electron chi connectivity index (χ4n) is 2.46. The third kappa shape index (κ3) is 2.91. The number of ketones is 1. The minimum Gasteiger partial charge on any atom is -0.507 e. The Labute approximate surface area is 124 Å². The second-order valence-electron chi connectivity index (χ2n) is 4.93. The topological polar surface area (TPSA) is 55.8 Å². The molecule has 2 rings (SSSR count). The quantitative estimate of drug-likeness (QED) is 0.525. The lowest BCUT2D eigenvalue weighted by Crippen LogP contribution is -2.37. The highest BCUT2D eigenvalue weighted by Gasteiger charge is 2.35. The van der Waals surface area contributed by atoms with E-state index in [4.69, 9.17) is 9.47 Å². The second kappa shape index (κ2) is 6.24. The van der Waals surface area contributed by atoms with Gasteiger partial charge in [0.2, 0.25) is 0 Å². The molecule has 1 N–H and O–H groups in total. The van der Waals surface area contributed by atoms with E-state index >= 15 is 0 Å². The SMILES string of the molecule is CCc1ccccc1C(O)=C1C=CC(OC)(OC)CC1=O. The van der Waals surface area contributed by atoms with Gasteiger partial charge < -0.3 is 14.6 Å². The van der Waals surface area contributed by atoms with E-state index in [1.54, 1.807) is 12.2 Å². The number of ether oxygens (including phenoxy) is 2. The lowest BCUT2D eigenvalue weighted by atomic mass is 9.91. The number of carbonyl (C=O) groups is 1. The van der Waals surface area contributed by atoms with Gasteiger partial charge in [-0.2, -0.15) is 0 Å². The Bertz CT molecular complexity index is 595. The van der Waals surface area contributed by atoms with E-state index < -0.39 is 5.79 Å². The van der Waals surface area contributed by atoms with Gasteiger partial charge >= 0.3 is 0 Å². The molecular formula is C17H20O4. The largest absolute Gasteiger partial charge is 0.507 e. The lowest BCUT2D eigenvalue weighted by molar-refractivity contribution is -0.178. The normalized spacial score (nSPS) is 19.7. The molecule has 0 heterocycles. The smallest absolute Gasteiger partial charge is 0.194 e. The van der Waals surface area contributed by atoms with Crippen LogP contribution in [0.4, 0.5) is 0 Å². The summed E-state index contributed by atoms with van der Waals surface area (Å²) in [6.45, 7) is 2.01. The summed E-state index contributed by atoms with van der Waals surface area (Å²) in [4.78, 5) is 12.3. The summed E-state index contributed by atoms with van der Waals surface area (Å²) in [5, 5.41) is 10.5. The number of aliphatic hydroxyl groups is 1. The first kappa shape index (κ1) is 15.5. The van der Waals surface area contributed by atoms with E-state index in [2.05, 4.69) is 0 Å². The fourth-order valence-corrected chi connectivity index (χ4v) is 2.46. The van der Waals surface area contributed by atoms with Gasteiger partial charge in [-0.1, -0.05) is 31.2 Å². The van der Waals surface area contributed by atoms with E-state index in [1.807, 2.05) is 31.2 Å². The van der Waals surface area contributed by atoms with Gasteiger partial charge in [0.15, 0.2) is 11.6 Å². The molecule has 0 atom stereocenters. The van der Waals surface area contributed by atoms with Gasteiger partial charge in [0, 0.05) is 19.8 Å². The number of benzene rings is 1. The zero-order valence-corrected chi connectivity index (χ0v) is 12.6. The molecule has 0 amide bonds. The summed E-state index contributed by atoms with van der Waals surface area (Å²) in [6, 6.07) is 7.52. The highest BCUT2D eigenvalue weighted by molar-refractivity contribution is 6.05. The van der Waals surface area contributed by atoms with Gasteiger partial charge in [0.25, 0.3) is 0 Å². The van der Waals surface area contributed by atoms with Crippen LogP contribution in [0, 0.1) is 0 Å². The van der Waals surface area contributed by atoms with E-state index in [-0.39, 0.29) is 18.0 Å². The predicted molar refractivity (Wildman–Crippen MR) is 80.9 cm³/mol. The lowest BCUT2D eigenvalue weighted by Gasteiger charge is -2.30. The molecule has 0 spiro atoms. The number of aryl methyl sites for hydroxylation is 1. The van der Waals surface area contributed by atoms with E-state index in [0.717, 1.165) is 12.0 Å². The number of carbonyl (C=O) groups excluding carboxylic acids is 1. The molecule has 0 unspecified atom stereocenters. The van der Waals surface area contributed by atoms with Crippen LogP contribution in [0.5, 0.6) is 0 Å². The number of rotatable bonds is 4. The van der Waals surface area contributed by atoms with Gasteiger partial charge in [-0.3, -0.25) is 4.79 Å². The Morgan fingerprint density at radius 2 is 1.95 bits per heavy atom. The zero-order valence-electron chi connectivity index (χ0n) is 12.6. The Balaban J connectivity index is 2.47. The molecule has 21 heavy (non-hydrogen) atoms. The van der Waals surface area contributed by atoms with Crippen LogP contribution in [0.1, 0.15) is 24.5 Å². The molecule has 0 fully saturated rings. The molecular weight excluding hydrogens is 268 g/mol. The van der Waals surface area contributed by atoms with Crippen molar-refractivity contribution in [1.29, 1.82) is 0 Å². The van der Waals surface area contributed by atoms with Crippen molar-refractivity contribution in [2.45, 2.75) is 25.6 Å². The molecule has 4 heteroatoms. The number of hydrogen-bond donors (Lipinski definition) is 1. The molecule has 0 saturated heterocycles. The van der Waals surface area contributed by atoms with Crippen LogP contribution in [0.15, 0.2) is 42.0 Å². The number of aliphatic hydroxyl groups excluding tert-OH is 1. The summed E-state index contributed by atoms with van der Waals surface area (Å²) in [5.74, 6) is -1.23. The maximum atomic E-state index is 12.3. The van der Waals surface area contributed by atoms with Gasteiger partial charge in [-0.15, -0.1) is 0 Å². The maximum Gasteiger partial charge on any atom is 0.194 e. The Kier molecular flexibility index (Phi) is 4.60. The summed E-state index contributed by atoms with van der Waals surface area (Å²) in [6.07, 6.45) is 4.06. The molecule has 1 aliphatic rings. The summed E-state index contributed by atoms with van der Waals surface area (Å²) >= 11 is 0. The summed E-state index contributed by atoms with van der Waals surface area (Å²) in [5.41, 5.74) is 1.98. The van der Waals surface area contributed by atoms with Crippen LogP contribution in [-0.4, -0.2) is 30.9 Å². The molecule has 0 bridgehead atoms. The van der Waals surface area contributed by atoms with E-state index in [1.165, 1.54) is 14.2 Å². The van der Waals surface area contributed by atoms with Crippen molar-refractivity contribution in [2.75, 3.05) is 14.2 Å². The first-order valence-corrected chi connectivity index (χ1v) is 6.91. The van der Waals surface area contributed by atoms with Crippen LogP contribution < -0.4 is 0 Å². The van der Waals surface area contributed by atoms with Crippen LogP contribution in [-0.2, 0) is 20.7 Å². The maximum absolute atomic E-state index is 12.3. The average Bonchev–Trinajstić information content (AvgIpc) is 2.54. The van der Waals surface area contributed by atoms with Crippen molar-refractivity contribution in [3.8, 4) is 0 Å². The standard InChI is InChI=1S/C17H20O4/c1-4-12-7-5-6-8-13(12)16(19)14-9-10-17(20-2,21-3)11-15(14)18/h5-10,19H,4,11H2,1-3H3. The molecule has 112 valence electrons. The third-order valence-electron chi connectivity index (χ3n) is 3.81. The number of allylic oxidation sites excluding steroid dienone is 2. The Hall–Kier alpha value is -1.91. The second-order valence-corrected chi connectivity index (χ2v) is 4.93. The Morgan fingerprint density at radius 3 is 2.52 bits per heavy atom. The van der Waals surface area contributed by atoms with E-state index in [9.17, 15) is 9.90 Å². The van der Waals surface area contributed by atoms with Crippen LogP contribution >= 0.6 is 0 Å². The van der Waals surface area contributed by atoms with Crippen molar-refractivity contribution in [2.24, 2.45) is 0 Å². The minimum atomic E-state index is -1.04. The van der Waals surface area contributed by atoms with Crippen LogP contribution in [0.25, 0.3) is 5.76 Å². The predicted octanol–water partition coefficient (Wildman–Crippen LogP) is 3.04. The number of Topliss-reactive ketones (excluding diaryl/α,β-unsaturated/α-hetero) is 1. The summed E-state index contributed by atoms with van der Waals surface area (Å²) < 4.78 is 10.5. The highest BCUT2D eigenvalue weighted by atomic mass is 16.7. The molecule has 4 nitrogen and oxygen atoms in total. The highest BCUT2D eigenvalue weighted by Crippen LogP contribution is 2.31.